The number of alkyl halides is 3. The zero-order chi connectivity index (χ0) is 26.0. The van der Waals surface area contributed by atoms with Gasteiger partial charge in [0.25, 0.3) is 0 Å². The number of carboxylic acid groups (broad SMARTS) is 1. The zero-order valence-electron chi connectivity index (χ0n) is 19.3. The Hall–Kier alpha value is -4.41. The van der Waals surface area contributed by atoms with Crippen LogP contribution in [0.25, 0.3) is 22.2 Å². The van der Waals surface area contributed by atoms with E-state index in [0.29, 0.717) is 6.54 Å². The van der Waals surface area contributed by atoms with Crippen LogP contribution in [0, 0.1) is 6.92 Å². The van der Waals surface area contributed by atoms with E-state index in [1.54, 1.807) is 6.20 Å². The Morgan fingerprint density at radius 3 is 2.47 bits per heavy atom. The molecule has 1 aliphatic rings. The molecule has 2 aromatic heterocycles. The number of anilines is 1. The van der Waals surface area contributed by atoms with Crippen molar-refractivity contribution >= 4 is 28.6 Å². The van der Waals surface area contributed by atoms with Crippen LogP contribution in [0.3, 0.4) is 0 Å². The summed E-state index contributed by atoms with van der Waals surface area (Å²) in [5.74, 6) is -2.76. The molecular formula is C25H22F3N5O3. The Balaban J connectivity index is 0.000000384. The SMILES string of the molecule is Cc1cc(-c2n[nH]c3cc4c(cc23)CN([C@H](C)c2ccccc2)C(=O)N4)ccn1.O=C(O)C(F)(F)F. The Bertz CT molecular complexity index is 1420. The number of aromatic nitrogens is 3. The van der Waals surface area contributed by atoms with Crippen molar-refractivity contribution in [3.63, 3.8) is 0 Å². The molecule has 2 amide bonds. The third-order valence-corrected chi connectivity index (χ3v) is 5.79. The number of pyridine rings is 1. The maximum atomic E-state index is 12.8. The number of aromatic amines is 1. The third kappa shape index (κ3) is 5.14. The molecule has 36 heavy (non-hydrogen) atoms. The van der Waals surface area contributed by atoms with Gasteiger partial charge in [-0.3, -0.25) is 10.1 Å². The lowest BCUT2D eigenvalue weighted by Crippen LogP contribution is -2.40. The van der Waals surface area contributed by atoms with Crippen molar-refractivity contribution in [2.45, 2.75) is 32.6 Å². The van der Waals surface area contributed by atoms with Gasteiger partial charge in [0, 0.05) is 28.5 Å². The molecule has 3 heterocycles. The molecule has 11 heteroatoms. The molecule has 8 nitrogen and oxygen atoms in total. The van der Waals surface area contributed by atoms with E-state index in [0.717, 1.165) is 44.7 Å². The molecule has 0 unspecified atom stereocenters. The first-order chi connectivity index (χ1) is 17.0. The molecular weight excluding hydrogens is 475 g/mol. The number of H-pyrrole nitrogens is 1. The van der Waals surface area contributed by atoms with E-state index in [1.807, 2.05) is 48.2 Å². The monoisotopic (exact) mass is 497 g/mol. The first-order valence-corrected chi connectivity index (χ1v) is 10.9. The summed E-state index contributed by atoms with van der Waals surface area (Å²) in [7, 11) is 0. The van der Waals surface area contributed by atoms with E-state index >= 15 is 0 Å². The van der Waals surface area contributed by atoms with Gasteiger partial charge in [-0.2, -0.15) is 18.3 Å². The van der Waals surface area contributed by atoms with Crippen molar-refractivity contribution < 1.29 is 27.9 Å². The summed E-state index contributed by atoms with van der Waals surface area (Å²) in [5, 5.41) is 18.8. The third-order valence-electron chi connectivity index (χ3n) is 5.79. The molecule has 0 saturated carbocycles. The smallest absolute Gasteiger partial charge is 0.475 e. The fourth-order valence-corrected chi connectivity index (χ4v) is 3.94. The number of hydrogen-bond donors (Lipinski definition) is 3. The normalized spacial score (nSPS) is 13.9. The second-order valence-corrected chi connectivity index (χ2v) is 8.26. The molecule has 1 aliphatic heterocycles. The number of hydrogen-bond acceptors (Lipinski definition) is 4. The minimum atomic E-state index is -5.08. The van der Waals surface area contributed by atoms with Gasteiger partial charge < -0.3 is 15.3 Å². The Kier molecular flexibility index (Phi) is 6.65. The maximum absolute atomic E-state index is 12.8. The lowest BCUT2D eigenvalue weighted by atomic mass is 10.0. The molecule has 0 bridgehead atoms. The van der Waals surface area contributed by atoms with Crippen LogP contribution in [0.2, 0.25) is 0 Å². The van der Waals surface area contributed by atoms with E-state index in [2.05, 4.69) is 45.6 Å². The van der Waals surface area contributed by atoms with E-state index in [9.17, 15) is 18.0 Å². The van der Waals surface area contributed by atoms with Crippen molar-refractivity contribution in [1.82, 2.24) is 20.1 Å². The van der Waals surface area contributed by atoms with Crippen molar-refractivity contribution in [2.75, 3.05) is 5.32 Å². The number of halogens is 3. The molecule has 0 spiro atoms. The van der Waals surface area contributed by atoms with Gasteiger partial charge in [0.15, 0.2) is 0 Å². The highest BCUT2D eigenvalue weighted by Crippen LogP contribution is 2.35. The van der Waals surface area contributed by atoms with Crippen LogP contribution in [0.15, 0.2) is 60.8 Å². The number of benzene rings is 2. The quantitative estimate of drug-likeness (QED) is 0.338. The van der Waals surface area contributed by atoms with Crippen LogP contribution < -0.4 is 5.32 Å². The predicted molar refractivity (Wildman–Crippen MR) is 127 cm³/mol. The van der Waals surface area contributed by atoms with Gasteiger partial charge in [0.1, 0.15) is 5.69 Å². The van der Waals surface area contributed by atoms with Gasteiger partial charge in [-0.25, -0.2) is 9.59 Å². The molecule has 3 N–H and O–H groups in total. The van der Waals surface area contributed by atoms with Crippen LogP contribution in [-0.4, -0.2) is 43.4 Å². The molecule has 2 aromatic carbocycles. The number of aliphatic carboxylic acids is 1. The highest BCUT2D eigenvalue weighted by atomic mass is 19.4. The van der Waals surface area contributed by atoms with E-state index in [4.69, 9.17) is 9.90 Å². The number of amides is 2. The van der Waals surface area contributed by atoms with Gasteiger partial charge in [-0.1, -0.05) is 30.3 Å². The standard InChI is InChI=1S/C23H21N5O.C2HF3O2/c1-14-10-17(8-9-24-14)22-19-11-18-13-28(15(2)16-6-4-3-5-7-16)23(29)25-20(18)12-21(19)26-27-22;3-2(4,5)1(6)7/h3-12,15H,13H2,1-2H3,(H,25,29)(H,26,27);(H,6,7)/t15-;/m1./s1. The lowest BCUT2D eigenvalue weighted by Gasteiger charge is -2.34. The number of carboxylic acids is 1. The van der Waals surface area contributed by atoms with E-state index in [1.165, 1.54) is 0 Å². The molecule has 0 fully saturated rings. The summed E-state index contributed by atoms with van der Waals surface area (Å²) in [6.45, 7) is 4.58. The lowest BCUT2D eigenvalue weighted by molar-refractivity contribution is -0.192. The van der Waals surface area contributed by atoms with Gasteiger partial charge in [0.2, 0.25) is 0 Å². The summed E-state index contributed by atoms with van der Waals surface area (Å²) < 4.78 is 31.7. The summed E-state index contributed by atoms with van der Waals surface area (Å²) in [6.07, 6.45) is -3.28. The first kappa shape index (κ1) is 24.7. The van der Waals surface area contributed by atoms with Gasteiger partial charge in [-0.05, 0) is 49.2 Å². The van der Waals surface area contributed by atoms with Gasteiger partial charge in [0.05, 0.1) is 18.1 Å². The van der Waals surface area contributed by atoms with Gasteiger partial charge >= 0.3 is 18.2 Å². The molecule has 0 saturated heterocycles. The number of aryl methyl sites for hydroxylation is 1. The maximum Gasteiger partial charge on any atom is 0.490 e. The van der Waals surface area contributed by atoms with Crippen LogP contribution in [-0.2, 0) is 11.3 Å². The summed E-state index contributed by atoms with van der Waals surface area (Å²) in [4.78, 5) is 27.8. The van der Waals surface area contributed by atoms with Gasteiger partial charge in [-0.15, -0.1) is 0 Å². The minimum Gasteiger partial charge on any atom is -0.475 e. The number of urea groups is 1. The predicted octanol–water partition coefficient (Wildman–Crippen LogP) is 5.68. The Labute approximate surface area is 203 Å². The van der Waals surface area contributed by atoms with Crippen LogP contribution in [0.4, 0.5) is 23.7 Å². The summed E-state index contributed by atoms with van der Waals surface area (Å²) in [6, 6.07) is 18.1. The molecule has 5 rings (SSSR count). The molecule has 4 aromatic rings. The Morgan fingerprint density at radius 1 is 1.14 bits per heavy atom. The van der Waals surface area contributed by atoms with Crippen molar-refractivity contribution in [1.29, 1.82) is 0 Å². The summed E-state index contributed by atoms with van der Waals surface area (Å²) in [5.41, 5.74) is 6.80. The number of nitrogens with zero attached hydrogens (tertiary/aromatic N) is 3. The fourth-order valence-electron chi connectivity index (χ4n) is 3.94. The first-order valence-electron chi connectivity index (χ1n) is 10.9. The fraction of sp³-hybridized carbons (Fsp3) is 0.200. The van der Waals surface area contributed by atoms with Crippen LogP contribution >= 0.6 is 0 Å². The van der Waals surface area contributed by atoms with E-state index in [-0.39, 0.29) is 12.1 Å². The Morgan fingerprint density at radius 2 is 1.83 bits per heavy atom. The average molecular weight is 497 g/mol. The van der Waals surface area contributed by atoms with Crippen molar-refractivity contribution in [3.05, 3.63) is 77.6 Å². The zero-order valence-corrected chi connectivity index (χ0v) is 19.3. The van der Waals surface area contributed by atoms with Crippen molar-refractivity contribution in [2.24, 2.45) is 0 Å². The van der Waals surface area contributed by atoms with E-state index < -0.39 is 12.1 Å². The highest BCUT2D eigenvalue weighted by Gasteiger charge is 2.38. The molecule has 0 aliphatic carbocycles. The average Bonchev–Trinajstić information content (AvgIpc) is 3.25. The number of carbonyl (C=O) groups excluding carboxylic acids is 1. The number of nitrogens with one attached hydrogen (secondary N) is 2. The largest absolute Gasteiger partial charge is 0.490 e. The number of rotatable bonds is 3. The number of fused-ring (bicyclic) bond motifs is 2. The second-order valence-electron chi connectivity index (χ2n) is 8.26. The molecule has 1 atom stereocenters. The molecule has 186 valence electrons. The van der Waals surface area contributed by atoms with Crippen LogP contribution in [0.1, 0.15) is 29.8 Å². The second kappa shape index (κ2) is 9.68. The number of carbonyl (C=O) groups is 2. The topological polar surface area (TPSA) is 111 Å². The molecule has 0 radical (unpaired) electrons. The highest BCUT2D eigenvalue weighted by molar-refractivity contribution is 6.00. The summed E-state index contributed by atoms with van der Waals surface area (Å²) >= 11 is 0. The minimum absolute atomic E-state index is 0.0216. The van der Waals surface area contributed by atoms with Crippen molar-refractivity contribution in [3.8, 4) is 11.3 Å². The van der Waals surface area contributed by atoms with Crippen LogP contribution in [0.5, 0.6) is 0 Å².